The Kier molecular flexibility index (Phi) is 9.75. The largest absolute Gasteiger partial charge is 0.310 e. The van der Waals surface area contributed by atoms with Crippen LogP contribution in [0.5, 0.6) is 0 Å². The van der Waals surface area contributed by atoms with Crippen LogP contribution in [-0.4, -0.2) is 18.3 Å². The number of thiophene rings is 1. The first kappa shape index (κ1) is 45.5. The summed E-state index contributed by atoms with van der Waals surface area (Å²) in [5.41, 5.74) is 17.6. The van der Waals surface area contributed by atoms with E-state index < -0.39 is 0 Å². The normalized spacial score (nSPS) is 13.4. The van der Waals surface area contributed by atoms with Gasteiger partial charge in [0.25, 0.3) is 0 Å². The molecule has 0 fully saturated rings. The second-order valence-corrected chi connectivity index (χ2v) is 23.4. The van der Waals surface area contributed by atoms with E-state index in [9.17, 15) is 10.5 Å². The van der Waals surface area contributed by atoms with Crippen molar-refractivity contribution in [2.24, 2.45) is 0 Å². The Morgan fingerprint density at radius 3 is 1.68 bits per heavy atom. The number of fused-ring (bicyclic) bond motifs is 18. The molecule has 0 radical (unpaired) electrons. The van der Waals surface area contributed by atoms with Crippen LogP contribution in [0.1, 0.15) is 72.8 Å². The first-order chi connectivity index (χ1) is 38.8. The molecule has 0 saturated carbocycles. The fourth-order valence-electron chi connectivity index (χ4n) is 13.8. The van der Waals surface area contributed by atoms with Crippen LogP contribution < -0.4 is 0 Å². The standard InChI is InChI=1S/C72H50N6S/c1-72(2,3)44-39-37-43(38-40-44)62-67(76-55-30-14-7-23-46(55)47-24-8-15-31-56(47)76)53(41-73)66(54(42-74)68(62)77-57-32-16-9-25-48(57)49-26-10-17-33-58(49)77)78-60-35-19-12-28-51(60)64-70(78)63-50-27-11-18-34-59(50)75(45-21-5-4-6-22-45)69(63)65-52-29-13-20-36-61(52)79-71(64)65/h4-9,11-18,20-25,27-34,36-40H,10,19,26,35H2,1-3H3. The predicted molar refractivity (Wildman–Crippen MR) is 330 cm³/mol. The molecule has 0 aliphatic heterocycles. The maximum absolute atomic E-state index is 12.7. The smallest absolute Gasteiger partial charge is 0.104 e. The molecule has 9 aromatic carbocycles. The molecule has 0 bridgehead atoms. The number of aryl methyl sites for hydroxylation is 1. The van der Waals surface area contributed by atoms with Crippen molar-refractivity contribution in [1.29, 1.82) is 10.5 Å². The Bertz CT molecular complexity index is 5070. The number of allylic oxidation sites excluding steroid dienone is 2. The van der Waals surface area contributed by atoms with Crippen LogP contribution in [0, 0.1) is 22.7 Å². The lowest BCUT2D eigenvalue weighted by Crippen LogP contribution is -2.16. The highest BCUT2D eigenvalue weighted by molar-refractivity contribution is 7.27. The summed E-state index contributed by atoms with van der Waals surface area (Å²) in [5, 5.41) is 34.6. The Hall–Kier alpha value is -9.66. The molecule has 6 nitrogen and oxygen atoms in total. The van der Waals surface area contributed by atoms with E-state index in [1.807, 2.05) is 11.3 Å². The van der Waals surface area contributed by atoms with Crippen LogP contribution in [0.25, 0.3) is 132 Å². The molecule has 0 amide bonds. The van der Waals surface area contributed by atoms with Gasteiger partial charge in [-0.2, -0.15) is 10.5 Å². The van der Waals surface area contributed by atoms with E-state index >= 15 is 0 Å². The third-order valence-corrected chi connectivity index (χ3v) is 18.3. The fraction of sp³-hybridized carbons (Fsp3) is 0.111. The SMILES string of the molecule is CC(C)(C)c1ccc(-c2c(-n3c4c(c5ccccc53)CCC=C4)c(C#N)c(-n3c4c(c5c6sc7ccccc7c6c6c(c7ccccc7n6-c6ccccc6)c53)C=CCC4)c(C#N)c2-n2c3ccccc3c3ccccc32)cc1. The minimum Gasteiger partial charge on any atom is -0.310 e. The summed E-state index contributed by atoms with van der Waals surface area (Å²) in [6.45, 7) is 6.74. The molecule has 7 heteroatoms. The third-order valence-electron chi connectivity index (χ3n) is 17.1. The van der Waals surface area contributed by atoms with Gasteiger partial charge in [-0.3, -0.25) is 0 Å². The molecule has 2 aliphatic rings. The number of hydrogen-bond donors (Lipinski definition) is 0. The maximum atomic E-state index is 12.7. The number of para-hydroxylation sites is 5. The van der Waals surface area contributed by atoms with Gasteiger partial charge in [0.05, 0.1) is 50.2 Å². The molecule has 14 aromatic rings. The Morgan fingerprint density at radius 2 is 1.01 bits per heavy atom. The van der Waals surface area contributed by atoms with Crippen molar-refractivity contribution in [2.45, 2.75) is 51.9 Å². The van der Waals surface area contributed by atoms with Crippen LogP contribution in [0.15, 0.2) is 188 Å². The van der Waals surface area contributed by atoms with Gasteiger partial charge in [0.15, 0.2) is 0 Å². The van der Waals surface area contributed by atoms with Crippen LogP contribution in [0.4, 0.5) is 0 Å². The number of benzene rings is 9. The number of nitrogens with zero attached hydrogens (tertiary/aromatic N) is 6. The van der Waals surface area contributed by atoms with Crippen molar-refractivity contribution in [2.75, 3.05) is 0 Å². The number of nitriles is 2. The summed E-state index contributed by atoms with van der Waals surface area (Å²) in [6.07, 6.45) is 12.5. The lowest BCUT2D eigenvalue weighted by atomic mass is 9.85. The van der Waals surface area contributed by atoms with E-state index in [2.05, 4.69) is 251 Å². The van der Waals surface area contributed by atoms with Crippen molar-refractivity contribution >= 4 is 109 Å². The van der Waals surface area contributed by atoms with Gasteiger partial charge < -0.3 is 18.3 Å². The van der Waals surface area contributed by atoms with Crippen LogP contribution in [0.2, 0.25) is 0 Å². The summed E-state index contributed by atoms with van der Waals surface area (Å²) in [7, 11) is 0. The van der Waals surface area contributed by atoms with Crippen molar-refractivity contribution in [1.82, 2.24) is 18.3 Å². The highest BCUT2D eigenvalue weighted by Crippen LogP contribution is 2.54. The summed E-state index contributed by atoms with van der Waals surface area (Å²) in [4.78, 5) is 0. The molecule has 79 heavy (non-hydrogen) atoms. The van der Waals surface area contributed by atoms with Crippen molar-refractivity contribution < 1.29 is 0 Å². The molecular formula is C72H50N6S. The van der Waals surface area contributed by atoms with Crippen molar-refractivity contribution in [3.05, 3.63) is 227 Å². The highest BCUT2D eigenvalue weighted by Gasteiger charge is 2.37. The van der Waals surface area contributed by atoms with Gasteiger partial charge in [-0.15, -0.1) is 11.3 Å². The monoisotopic (exact) mass is 1030 g/mol. The van der Waals surface area contributed by atoms with Gasteiger partial charge in [-0.25, -0.2) is 0 Å². The Balaban J connectivity index is 1.21. The molecule has 0 spiro atoms. The molecule has 0 N–H and O–H groups in total. The molecule has 5 heterocycles. The molecule has 374 valence electrons. The zero-order chi connectivity index (χ0) is 52.8. The molecule has 16 rings (SSSR count). The summed E-state index contributed by atoms with van der Waals surface area (Å²) < 4.78 is 12.0. The van der Waals surface area contributed by atoms with Gasteiger partial charge in [0.1, 0.15) is 23.3 Å². The molecule has 0 saturated heterocycles. The number of aromatic nitrogens is 4. The average Bonchev–Trinajstić information content (AvgIpc) is 2.85. The van der Waals surface area contributed by atoms with Crippen LogP contribution >= 0.6 is 11.3 Å². The number of hydrogen-bond acceptors (Lipinski definition) is 3. The van der Waals surface area contributed by atoms with Gasteiger partial charge in [-0.05, 0) is 96.3 Å². The summed E-state index contributed by atoms with van der Waals surface area (Å²) >= 11 is 1.84. The Morgan fingerprint density at radius 1 is 0.468 bits per heavy atom. The van der Waals surface area contributed by atoms with Gasteiger partial charge in [0.2, 0.25) is 0 Å². The van der Waals surface area contributed by atoms with E-state index in [4.69, 9.17) is 0 Å². The van der Waals surface area contributed by atoms with E-state index in [1.54, 1.807) is 0 Å². The molecule has 0 atom stereocenters. The first-order valence-corrected chi connectivity index (χ1v) is 28.2. The minimum absolute atomic E-state index is 0.116. The fourth-order valence-corrected chi connectivity index (χ4v) is 15.1. The van der Waals surface area contributed by atoms with E-state index in [-0.39, 0.29) is 5.41 Å². The molecular weight excluding hydrogens is 981 g/mol. The summed E-state index contributed by atoms with van der Waals surface area (Å²) in [6, 6.07) is 69.2. The predicted octanol–water partition coefficient (Wildman–Crippen LogP) is 18.8. The second kappa shape index (κ2) is 16.9. The van der Waals surface area contributed by atoms with Gasteiger partial charge in [-0.1, -0.05) is 172 Å². The zero-order valence-corrected chi connectivity index (χ0v) is 44.8. The third kappa shape index (κ3) is 6.25. The lowest BCUT2D eigenvalue weighted by Gasteiger charge is -2.28. The second-order valence-electron chi connectivity index (χ2n) is 22.3. The van der Waals surface area contributed by atoms with E-state index in [1.165, 1.54) is 36.7 Å². The van der Waals surface area contributed by atoms with Gasteiger partial charge in [0, 0.05) is 80.7 Å². The van der Waals surface area contributed by atoms with Crippen molar-refractivity contribution in [3.63, 3.8) is 0 Å². The Labute approximate surface area is 460 Å². The number of rotatable bonds is 5. The van der Waals surface area contributed by atoms with Crippen LogP contribution in [0.3, 0.4) is 0 Å². The van der Waals surface area contributed by atoms with Crippen LogP contribution in [-0.2, 0) is 18.3 Å². The minimum atomic E-state index is -0.116. The summed E-state index contributed by atoms with van der Waals surface area (Å²) in [5.74, 6) is 0. The topological polar surface area (TPSA) is 67.3 Å². The molecule has 0 unspecified atom stereocenters. The van der Waals surface area contributed by atoms with E-state index in [0.717, 1.165) is 124 Å². The first-order valence-electron chi connectivity index (χ1n) is 27.4. The molecule has 5 aromatic heterocycles. The quantitative estimate of drug-likeness (QED) is 0.172. The zero-order valence-electron chi connectivity index (χ0n) is 44.0. The highest BCUT2D eigenvalue weighted by atomic mass is 32.1. The van der Waals surface area contributed by atoms with Gasteiger partial charge >= 0.3 is 0 Å². The maximum Gasteiger partial charge on any atom is 0.104 e. The average molecular weight is 1030 g/mol. The molecule has 2 aliphatic carbocycles. The van der Waals surface area contributed by atoms with E-state index in [0.29, 0.717) is 23.2 Å². The van der Waals surface area contributed by atoms with Crippen molar-refractivity contribution in [3.8, 4) is 46.0 Å². The lowest BCUT2D eigenvalue weighted by molar-refractivity contribution is 0.590.